The summed E-state index contributed by atoms with van der Waals surface area (Å²) in [5.41, 5.74) is 5.07. The van der Waals surface area contributed by atoms with E-state index >= 15 is 0 Å². The van der Waals surface area contributed by atoms with Crippen LogP contribution in [0.2, 0.25) is 10.0 Å². The Labute approximate surface area is 139 Å². The molecule has 21 heavy (non-hydrogen) atoms. The van der Waals surface area contributed by atoms with Crippen molar-refractivity contribution < 1.29 is 4.79 Å². The number of hydrogen-bond donors (Lipinski definition) is 2. The van der Waals surface area contributed by atoms with Crippen LogP contribution in [0.5, 0.6) is 0 Å². The third kappa shape index (κ3) is 4.07. The highest BCUT2D eigenvalue weighted by Gasteiger charge is 2.49. The number of carbonyl (C=O) groups excluding carboxylic acids is 1. The van der Waals surface area contributed by atoms with Crippen LogP contribution in [0.25, 0.3) is 0 Å². The van der Waals surface area contributed by atoms with Crippen LogP contribution in [0, 0.1) is 5.92 Å². The molecule has 0 spiro atoms. The molecule has 1 unspecified atom stereocenters. The molecule has 0 heterocycles. The lowest BCUT2D eigenvalue weighted by Crippen LogP contribution is -2.61. The minimum absolute atomic E-state index is 0.201. The second-order valence-electron chi connectivity index (χ2n) is 5.77. The van der Waals surface area contributed by atoms with Gasteiger partial charge in [0, 0.05) is 16.7 Å². The SMILES string of the molecule is CC(C)NC(CSc1ccc(Cl)c(Cl)c1)(C(N)=O)C1CC1. The Bertz CT molecular complexity index is 534. The lowest BCUT2D eigenvalue weighted by atomic mass is 9.93. The summed E-state index contributed by atoms with van der Waals surface area (Å²) in [4.78, 5) is 13.1. The second kappa shape index (κ2) is 6.78. The number of nitrogens with one attached hydrogen (secondary N) is 1. The van der Waals surface area contributed by atoms with Crippen molar-refractivity contribution in [3.05, 3.63) is 28.2 Å². The first-order valence-corrected chi connectivity index (χ1v) is 8.75. The van der Waals surface area contributed by atoms with Gasteiger partial charge < -0.3 is 11.1 Å². The van der Waals surface area contributed by atoms with Crippen molar-refractivity contribution in [2.75, 3.05) is 5.75 Å². The molecular weight excluding hydrogens is 327 g/mol. The van der Waals surface area contributed by atoms with Crippen molar-refractivity contribution in [3.63, 3.8) is 0 Å². The third-order valence-corrected chi connectivity index (χ3v) is 5.54. The maximum atomic E-state index is 12.1. The van der Waals surface area contributed by atoms with E-state index in [1.54, 1.807) is 17.8 Å². The van der Waals surface area contributed by atoms with E-state index < -0.39 is 5.54 Å². The molecule has 1 aromatic carbocycles. The van der Waals surface area contributed by atoms with E-state index in [1.165, 1.54) is 0 Å². The van der Waals surface area contributed by atoms with E-state index in [2.05, 4.69) is 5.32 Å². The lowest BCUT2D eigenvalue weighted by molar-refractivity contribution is -0.124. The molecule has 1 aliphatic carbocycles. The van der Waals surface area contributed by atoms with Gasteiger partial charge in [-0.15, -0.1) is 11.8 Å². The summed E-state index contributed by atoms with van der Waals surface area (Å²) < 4.78 is 0. The van der Waals surface area contributed by atoms with Crippen molar-refractivity contribution in [1.29, 1.82) is 0 Å². The van der Waals surface area contributed by atoms with Crippen molar-refractivity contribution in [1.82, 2.24) is 5.32 Å². The summed E-state index contributed by atoms with van der Waals surface area (Å²) in [7, 11) is 0. The average Bonchev–Trinajstić information content (AvgIpc) is 3.22. The zero-order valence-electron chi connectivity index (χ0n) is 12.2. The number of halogens is 2. The highest BCUT2D eigenvalue weighted by molar-refractivity contribution is 7.99. The molecule has 3 N–H and O–H groups in total. The Morgan fingerprint density at radius 2 is 2.10 bits per heavy atom. The largest absolute Gasteiger partial charge is 0.368 e. The van der Waals surface area contributed by atoms with Gasteiger partial charge in [0.15, 0.2) is 0 Å². The quantitative estimate of drug-likeness (QED) is 0.739. The topological polar surface area (TPSA) is 55.1 Å². The number of thioether (sulfide) groups is 1. The van der Waals surface area contributed by atoms with Crippen molar-refractivity contribution in [3.8, 4) is 0 Å². The highest BCUT2D eigenvalue weighted by atomic mass is 35.5. The first kappa shape index (κ1) is 16.9. The molecule has 6 heteroatoms. The van der Waals surface area contributed by atoms with Gasteiger partial charge in [0.1, 0.15) is 5.54 Å². The molecule has 0 bridgehead atoms. The van der Waals surface area contributed by atoms with Gasteiger partial charge in [0.2, 0.25) is 5.91 Å². The summed E-state index contributed by atoms with van der Waals surface area (Å²) >= 11 is 13.5. The zero-order valence-corrected chi connectivity index (χ0v) is 14.5. The Kier molecular flexibility index (Phi) is 5.47. The zero-order chi connectivity index (χ0) is 15.6. The minimum Gasteiger partial charge on any atom is -0.368 e. The molecule has 0 aliphatic heterocycles. The number of rotatable bonds is 7. The molecule has 1 atom stereocenters. The molecule has 116 valence electrons. The van der Waals surface area contributed by atoms with Crippen molar-refractivity contribution in [2.45, 2.75) is 43.2 Å². The van der Waals surface area contributed by atoms with Gasteiger partial charge in [-0.1, -0.05) is 23.2 Å². The summed E-state index contributed by atoms with van der Waals surface area (Å²) in [6, 6.07) is 5.70. The van der Waals surface area contributed by atoms with Crippen LogP contribution in [-0.4, -0.2) is 23.2 Å². The van der Waals surface area contributed by atoms with Gasteiger partial charge in [-0.05, 0) is 50.8 Å². The molecule has 1 amide bonds. The first-order valence-electron chi connectivity index (χ1n) is 7.00. The first-order chi connectivity index (χ1) is 9.85. The Hall–Kier alpha value is -0.420. The van der Waals surface area contributed by atoms with Crippen LogP contribution in [0.15, 0.2) is 23.1 Å². The third-order valence-electron chi connectivity index (χ3n) is 3.62. The van der Waals surface area contributed by atoms with Gasteiger partial charge in [0.25, 0.3) is 0 Å². The number of nitrogens with two attached hydrogens (primary N) is 1. The van der Waals surface area contributed by atoms with Gasteiger partial charge in [-0.2, -0.15) is 0 Å². The lowest BCUT2D eigenvalue weighted by Gasteiger charge is -2.34. The van der Waals surface area contributed by atoms with Gasteiger partial charge in [-0.25, -0.2) is 0 Å². The maximum absolute atomic E-state index is 12.1. The van der Waals surface area contributed by atoms with Crippen LogP contribution in [0.4, 0.5) is 0 Å². The molecule has 1 aliphatic rings. The molecule has 1 aromatic rings. The fourth-order valence-corrected chi connectivity index (χ4v) is 4.06. The summed E-state index contributed by atoms with van der Waals surface area (Å²) in [5.74, 6) is 0.655. The predicted octanol–water partition coefficient (Wildman–Crippen LogP) is 3.72. The molecular formula is C15H20Cl2N2OS. The smallest absolute Gasteiger partial charge is 0.238 e. The van der Waals surface area contributed by atoms with Crippen LogP contribution in [0.3, 0.4) is 0 Å². The number of carbonyl (C=O) groups is 1. The second-order valence-corrected chi connectivity index (χ2v) is 7.64. The van der Waals surface area contributed by atoms with Gasteiger partial charge in [0.05, 0.1) is 10.0 Å². The summed E-state index contributed by atoms with van der Waals surface area (Å²) in [6.07, 6.45) is 2.09. The maximum Gasteiger partial charge on any atom is 0.238 e. The van der Waals surface area contributed by atoms with Crippen molar-refractivity contribution in [2.24, 2.45) is 11.7 Å². The van der Waals surface area contributed by atoms with Crippen LogP contribution >= 0.6 is 35.0 Å². The molecule has 0 aromatic heterocycles. The fourth-order valence-electron chi connectivity index (χ4n) is 2.48. The average molecular weight is 347 g/mol. The minimum atomic E-state index is -0.648. The van der Waals surface area contributed by atoms with E-state index in [-0.39, 0.29) is 11.9 Å². The van der Waals surface area contributed by atoms with Crippen LogP contribution < -0.4 is 11.1 Å². The van der Waals surface area contributed by atoms with E-state index in [9.17, 15) is 4.79 Å². The number of amides is 1. The standard InChI is InChI=1S/C15H20Cl2N2OS/c1-9(2)19-15(14(18)20,10-3-4-10)8-21-11-5-6-12(16)13(17)7-11/h5-7,9-10,19H,3-4,8H2,1-2H3,(H2,18,20). The number of hydrogen-bond acceptors (Lipinski definition) is 3. The summed E-state index contributed by atoms with van der Waals surface area (Å²) in [6.45, 7) is 4.06. The van der Waals surface area contributed by atoms with Gasteiger partial charge >= 0.3 is 0 Å². The molecule has 3 nitrogen and oxygen atoms in total. The Morgan fingerprint density at radius 3 is 2.57 bits per heavy atom. The molecule has 2 rings (SSSR count). The number of benzene rings is 1. The monoisotopic (exact) mass is 346 g/mol. The van der Waals surface area contributed by atoms with E-state index in [0.29, 0.717) is 21.7 Å². The number of primary amides is 1. The predicted molar refractivity (Wildman–Crippen MR) is 90.1 cm³/mol. The molecule has 1 saturated carbocycles. The van der Waals surface area contributed by atoms with Gasteiger partial charge in [-0.3, -0.25) is 4.79 Å². The molecule has 1 fully saturated rings. The molecule has 0 radical (unpaired) electrons. The van der Waals surface area contributed by atoms with Crippen LogP contribution in [-0.2, 0) is 4.79 Å². The Balaban J connectivity index is 2.14. The van der Waals surface area contributed by atoms with E-state index in [4.69, 9.17) is 28.9 Å². The summed E-state index contributed by atoms with van der Waals surface area (Å²) in [5, 5.41) is 4.45. The highest BCUT2D eigenvalue weighted by Crippen LogP contribution is 2.43. The fraction of sp³-hybridized carbons (Fsp3) is 0.533. The molecule has 0 saturated heterocycles. The normalized spacial score (nSPS) is 17.8. The van der Waals surface area contributed by atoms with Crippen LogP contribution in [0.1, 0.15) is 26.7 Å². The Morgan fingerprint density at radius 1 is 1.43 bits per heavy atom. The van der Waals surface area contributed by atoms with E-state index in [1.807, 2.05) is 26.0 Å². The van der Waals surface area contributed by atoms with Crippen molar-refractivity contribution >= 4 is 40.9 Å². The van der Waals surface area contributed by atoms with E-state index in [0.717, 1.165) is 17.7 Å².